The van der Waals surface area contributed by atoms with Gasteiger partial charge in [0.1, 0.15) is 5.76 Å². The van der Waals surface area contributed by atoms with Crippen molar-refractivity contribution in [3.05, 3.63) is 17.9 Å². The molecule has 1 aromatic heterocycles. The van der Waals surface area contributed by atoms with Crippen molar-refractivity contribution < 1.29 is 22.7 Å². The lowest BCUT2D eigenvalue weighted by Crippen LogP contribution is -2.21. The van der Waals surface area contributed by atoms with E-state index in [4.69, 9.17) is 9.52 Å². The normalized spacial score (nSPS) is 11.9. The molecule has 0 saturated heterocycles. The van der Waals surface area contributed by atoms with Crippen LogP contribution in [0.3, 0.4) is 0 Å². The van der Waals surface area contributed by atoms with E-state index >= 15 is 0 Å². The molecule has 1 heterocycles. The van der Waals surface area contributed by atoms with Gasteiger partial charge >= 0.3 is 5.97 Å². The molecular formula is C10H16N2O5S. The largest absolute Gasteiger partial charge is 0.481 e. The number of rotatable bonds is 7. The smallest absolute Gasteiger partial charge is 0.304 e. The van der Waals surface area contributed by atoms with Crippen molar-refractivity contribution in [2.45, 2.75) is 18.1 Å². The van der Waals surface area contributed by atoms with Crippen LogP contribution in [0.15, 0.2) is 21.6 Å². The van der Waals surface area contributed by atoms with Gasteiger partial charge in [-0.15, -0.1) is 0 Å². The van der Waals surface area contributed by atoms with E-state index in [1.54, 1.807) is 6.07 Å². The molecule has 0 aliphatic rings. The van der Waals surface area contributed by atoms with Crippen LogP contribution in [0.4, 0.5) is 0 Å². The Hall–Kier alpha value is -1.38. The number of sulfonamides is 1. The summed E-state index contributed by atoms with van der Waals surface area (Å²) in [7, 11) is -0.717. The molecule has 0 spiro atoms. The number of hydrogen-bond donors (Lipinski definition) is 2. The molecule has 0 saturated carbocycles. The Labute approximate surface area is 105 Å². The molecule has 0 aliphatic heterocycles. The zero-order valence-corrected chi connectivity index (χ0v) is 11.0. The number of nitrogens with zero attached hydrogens (tertiary/aromatic N) is 1. The van der Waals surface area contributed by atoms with Crippen molar-refractivity contribution in [1.82, 2.24) is 9.62 Å². The maximum Gasteiger partial charge on any atom is 0.304 e. The van der Waals surface area contributed by atoms with Crippen molar-refractivity contribution in [3.8, 4) is 0 Å². The Morgan fingerprint density at radius 1 is 1.44 bits per heavy atom. The third-order valence-electron chi connectivity index (χ3n) is 2.19. The van der Waals surface area contributed by atoms with Gasteiger partial charge in [-0.2, -0.15) is 0 Å². The Morgan fingerprint density at radius 3 is 2.67 bits per heavy atom. The second kappa shape index (κ2) is 5.98. The maximum atomic E-state index is 11.7. The number of carboxylic acids is 1. The second-order valence-electron chi connectivity index (χ2n) is 3.83. The molecule has 1 rings (SSSR count). The summed E-state index contributed by atoms with van der Waals surface area (Å²) in [5.74, 6) is -0.446. The van der Waals surface area contributed by atoms with Gasteiger partial charge in [-0.25, -0.2) is 12.7 Å². The SMILES string of the molecule is CN(C)S(=O)(=O)c1ccc(CNCCC(=O)O)o1. The van der Waals surface area contributed by atoms with Crippen LogP contribution in [0.25, 0.3) is 0 Å². The van der Waals surface area contributed by atoms with Crippen LogP contribution in [-0.2, 0) is 21.4 Å². The molecule has 1 aromatic rings. The summed E-state index contributed by atoms with van der Waals surface area (Å²) in [4.78, 5) is 10.3. The van der Waals surface area contributed by atoms with Crippen molar-refractivity contribution in [3.63, 3.8) is 0 Å². The number of carboxylic acid groups (broad SMARTS) is 1. The van der Waals surface area contributed by atoms with Crippen molar-refractivity contribution in [2.24, 2.45) is 0 Å². The average Bonchev–Trinajstić information content (AvgIpc) is 2.73. The fourth-order valence-corrected chi connectivity index (χ4v) is 1.99. The highest BCUT2D eigenvalue weighted by molar-refractivity contribution is 7.88. The fraction of sp³-hybridized carbons (Fsp3) is 0.500. The highest BCUT2D eigenvalue weighted by atomic mass is 32.2. The maximum absolute atomic E-state index is 11.7. The molecule has 18 heavy (non-hydrogen) atoms. The van der Waals surface area contributed by atoms with Crippen LogP contribution in [-0.4, -0.2) is 44.4 Å². The van der Waals surface area contributed by atoms with Gasteiger partial charge in [0.05, 0.1) is 13.0 Å². The van der Waals surface area contributed by atoms with Gasteiger partial charge in [0.15, 0.2) is 0 Å². The van der Waals surface area contributed by atoms with E-state index in [9.17, 15) is 13.2 Å². The summed E-state index contributed by atoms with van der Waals surface area (Å²) in [5, 5.41) is 11.2. The molecule has 8 heteroatoms. The summed E-state index contributed by atoms with van der Waals surface area (Å²) in [6.07, 6.45) is 0.00353. The first-order valence-corrected chi connectivity index (χ1v) is 6.72. The van der Waals surface area contributed by atoms with E-state index in [2.05, 4.69) is 5.32 Å². The standard InChI is InChI=1S/C10H16N2O5S/c1-12(2)18(15,16)10-4-3-8(17-10)7-11-6-5-9(13)14/h3-4,11H,5-7H2,1-2H3,(H,13,14). The summed E-state index contributed by atoms with van der Waals surface area (Å²) in [6.45, 7) is 0.585. The number of carbonyl (C=O) groups is 1. The van der Waals surface area contributed by atoms with Crippen LogP contribution < -0.4 is 5.32 Å². The molecule has 2 N–H and O–H groups in total. The zero-order valence-electron chi connectivity index (χ0n) is 10.2. The molecule has 0 fully saturated rings. The molecule has 0 amide bonds. The van der Waals surface area contributed by atoms with E-state index < -0.39 is 16.0 Å². The highest BCUT2D eigenvalue weighted by Gasteiger charge is 2.21. The lowest BCUT2D eigenvalue weighted by atomic mass is 10.4. The summed E-state index contributed by atoms with van der Waals surface area (Å²) >= 11 is 0. The minimum atomic E-state index is -3.56. The van der Waals surface area contributed by atoms with Gasteiger partial charge in [-0.1, -0.05) is 0 Å². The van der Waals surface area contributed by atoms with E-state index in [0.717, 1.165) is 4.31 Å². The summed E-state index contributed by atoms with van der Waals surface area (Å²) in [6, 6.07) is 2.92. The zero-order chi connectivity index (χ0) is 13.8. The highest BCUT2D eigenvalue weighted by Crippen LogP contribution is 2.16. The molecule has 0 radical (unpaired) electrons. The van der Waals surface area contributed by atoms with E-state index in [1.165, 1.54) is 20.2 Å². The topological polar surface area (TPSA) is 99.9 Å². The van der Waals surface area contributed by atoms with Gasteiger partial charge in [0.2, 0.25) is 5.09 Å². The van der Waals surface area contributed by atoms with Crippen molar-refractivity contribution >= 4 is 16.0 Å². The molecule has 102 valence electrons. The third kappa shape index (κ3) is 3.83. The van der Waals surface area contributed by atoms with Gasteiger partial charge in [0.25, 0.3) is 10.0 Å². The molecule has 0 unspecified atom stereocenters. The molecule has 7 nitrogen and oxygen atoms in total. The first-order chi connectivity index (χ1) is 8.34. The molecular weight excluding hydrogens is 260 g/mol. The molecule has 0 aliphatic carbocycles. The van der Waals surface area contributed by atoms with E-state index in [1.807, 2.05) is 0 Å². The lowest BCUT2D eigenvalue weighted by Gasteiger charge is -2.07. The lowest BCUT2D eigenvalue weighted by molar-refractivity contribution is -0.136. The monoisotopic (exact) mass is 276 g/mol. The van der Waals surface area contributed by atoms with Crippen LogP contribution in [0.1, 0.15) is 12.2 Å². The quantitative estimate of drug-likeness (QED) is 0.685. The second-order valence-corrected chi connectivity index (χ2v) is 5.91. The van der Waals surface area contributed by atoms with E-state index in [0.29, 0.717) is 12.3 Å². The number of aliphatic carboxylic acids is 1. The van der Waals surface area contributed by atoms with Gasteiger partial charge in [-0.3, -0.25) is 4.79 Å². The average molecular weight is 276 g/mol. The Bertz CT molecular complexity index is 506. The first kappa shape index (κ1) is 14.7. The van der Waals surface area contributed by atoms with Crippen molar-refractivity contribution in [1.29, 1.82) is 0 Å². The summed E-state index contributed by atoms with van der Waals surface area (Å²) in [5.41, 5.74) is 0. The molecule has 0 aromatic carbocycles. The van der Waals surface area contributed by atoms with Crippen molar-refractivity contribution in [2.75, 3.05) is 20.6 Å². The van der Waals surface area contributed by atoms with Gasteiger partial charge in [-0.05, 0) is 12.1 Å². The Balaban J connectivity index is 2.57. The van der Waals surface area contributed by atoms with Crippen LogP contribution in [0.2, 0.25) is 0 Å². The van der Waals surface area contributed by atoms with E-state index in [-0.39, 0.29) is 18.1 Å². The summed E-state index contributed by atoms with van der Waals surface area (Å²) < 4.78 is 29.6. The molecule has 0 atom stereocenters. The predicted octanol–water partition coefficient (Wildman–Crippen LogP) is 0.0942. The number of furan rings is 1. The Morgan fingerprint density at radius 2 is 2.11 bits per heavy atom. The first-order valence-electron chi connectivity index (χ1n) is 5.28. The minimum absolute atomic E-state index is 0.00353. The number of hydrogen-bond acceptors (Lipinski definition) is 5. The molecule has 0 bridgehead atoms. The predicted molar refractivity (Wildman–Crippen MR) is 63.5 cm³/mol. The van der Waals surface area contributed by atoms with Crippen LogP contribution in [0, 0.1) is 0 Å². The van der Waals surface area contributed by atoms with Crippen LogP contribution >= 0.6 is 0 Å². The van der Waals surface area contributed by atoms with Crippen LogP contribution in [0.5, 0.6) is 0 Å². The van der Waals surface area contributed by atoms with Gasteiger partial charge in [0, 0.05) is 20.6 Å². The third-order valence-corrected chi connectivity index (χ3v) is 3.88. The fourth-order valence-electron chi connectivity index (χ4n) is 1.18. The van der Waals surface area contributed by atoms with Gasteiger partial charge < -0.3 is 14.8 Å². The minimum Gasteiger partial charge on any atom is -0.481 e. The number of nitrogens with one attached hydrogen (secondary N) is 1. The Kier molecular flexibility index (Phi) is 4.88.